The second-order valence-corrected chi connectivity index (χ2v) is 8.55. The maximum absolute atomic E-state index is 14.3. The van der Waals surface area contributed by atoms with Crippen molar-refractivity contribution >= 4 is 28.8 Å². The Labute approximate surface area is 169 Å². The van der Waals surface area contributed by atoms with E-state index in [2.05, 4.69) is 42.9 Å². The molecular formula is C20H27ClFN3OS. The molecule has 0 atom stereocenters. The molecule has 1 aromatic heterocycles. The Kier molecular flexibility index (Phi) is 7.37. The van der Waals surface area contributed by atoms with Crippen LogP contribution >= 0.6 is 22.9 Å². The van der Waals surface area contributed by atoms with Crippen molar-refractivity contribution in [2.75, 3.05) is 13.1 Å². The number of nitrogens with zero attached hydrogens (tertiary/aromatic N) is 2. The standard InChI is InChI=1S/C20H27ClFN3OS/c1-11(2)25(12(3)4)10-9-23-19(26)18-14(6)24-20(27-18)16-15(22)8-7-13(5)17(16)21/h7-8,11-12H,9-10H2,1-6H3,(H,23,26). The largest absolute Gasteiger partial charge is 0.350 e. The zero-order chi connectivity index (χ0) is 20.3. The summed E-state index contributed by atoms with van der Waals surface area (Å²) in [5.41, 5.74) is 1.61. The molecule has 0 aliphatic heterocycles. The molecule has 0 aliphatic carbocycles. The van der Waals surface area contributed by atoms with Crippen LogP contribution in [0.4, 0.5) is 4.39 Å². The first-order valence-corrected chi connectivity index (χ1v) is 10.3. The molecule has 0 saturated carbocycles. The molecule has 7 heteroatoms. The van der Waals surface area contributed by atoms with Crippen molar-refractivity contribution in [3.63, 3.8) is 0 Å². The maximum Gasteiger partial charge on any atom is 0.263 e. The van der Waals surface area contributed by atoms with Crippen molar-refractivity contribution in [1.29, 1.82) is 0 Å². The lowest BCUT2D eigenvalue weighted by Gasteiger charge is -2.30. The van der Waals surface area contributed by atoms with E-state index in [0.717, 1.165) is 12.1 Å². The molecule has 27 heavy (non-hydrogen) atoms. The smallest absolute Gasteiger partial charge is 0.263 e. The van der Waals surface area contributed by atoms with Crippen LogP contribution in [0.5, 0.6) is 0 Å². The molecule has 0 aliphatic rings. The van der Waals surface area contributed by atoms with E-state index in [9.17, 15) is 9.18 Å². The lowest BCUT2D eigenvalue weighted by Crippen LogP contribution is -2.42. The van der Waals surface area contributed by atoms with Crippen molar-refractivity contribution < 1.29 is 9.18 Å². The summed E-state index contributed by atoms with van der Waals surface area (Å²) >= 11 is 7.44. The minimum Gasteiger partial charge on any atom is -0.350 e. The van der Waals surface area contributed by atoms with Crippen LogP contribution in [-0.4, -0.2) is 41.0 Å². The highest BCUT2D eigenvalue weighted by molar-refractivity contribution is 7.17. The van der Waals surface area contributed by atoms with Gasteiger partial charge in [0.25, 0.3) is 5.91 Å². The molecule has 148 valence electrons. The molecule has 0 spiro atoms. The summed E-state index contributed by atoms with van der Waals surface area (Å²) in [6.45, 7) is 13.4. The highest BCUT2D eigenvalue weighted by Crippen LogP contribution is 2.36. The number of hydrogen-bond acceptors (Lipinski definition) is 4. The van der Waals surface area contributed by atoms with Gasteiger partial charge < -0.3 is 5.32 Å². The van der Waals surface area contributed by atoms with E-state index in [-0.39, 0.29) is 11.5 Å². The van der Waals surface area contributed by atoms with Crippen LogP contribution < -0.4 is 5.32 Å². The van der Waals surface area contributed by atoms with Gasteiger partial charge in [-0.3, -0.25) is 9.69 Å². The summed E-state index contributed by atoms with van der Waals surface area (Å²) in [6.07, 6.45) is 0. The lowest BCUT2D eigenvalue weighted by molar-refractivity contribution is 0.0942. The van der Waals surface area contributed by atoms with E-state index >= 15 is 0 Å². The number of carbonyl (C=O) groups is 1. The summed E-state index contributed by atoms with van der Waals surface area (Å²) in [7, 11) is 0. The zero-order valence-corrected chi connectivity index (χ0v) is 18.3. The van der Waals surface area contributed by atoms with E-state index in [1.54, 1.807) is 13.0 Å². The molecule has 0 fully saturated rings. The number of amides is 1. The van der Waals surface area contributed by atoms with E-state index in [1.807, 2.05) is 6.92 Å². The topological polar surface area (TPSA) is 45.2 Å². The number of benzene rings is 1. The van der Waals surface area contributed by atoms with Gasteiger partial charge in [-0.1, -0.05) is 17.7 Å². The Morgan fingerprint density at radius 1 is 1.26 bits per heavy atom. The fraction of sp³-hybridized carbons (Fsp3) is 0.500. The van der Waals surface area contributed by atoms with Crippen LogP contribution in [0.1, 0.15) is 48.6 Å². The van der Waals surface area contributed by atoms with Crippen molar-refractivity contribution in [2.45, 2.75) is 53.6 Å². The van der Waals surface area contributed by atoms with Crippen LogP contribution in [0.3, 0.4) is 0 Å². The van der Waals surface area contributed by atoms with Gasteiger partial charge in [0.1, 0.15) is 15.7 Å². The van der Waals surface area contributed by atoms with Crippen LogP contribution in [0.15, 0.2) is 12.1 Å². The predicted molar refractivity (Wildman–Crippen MR) is 111 cm³/mol. The molecule has 2 aromatic rings. The third-order valence-corrected chi connectivity index (χ3v) is 6.14. The number of aromatic nitrogens is 1. The molecule has 0 saturated heterocycles. The molecule has 1 aromatic carbocycles. The van der Waals surface area contributed by atoms with Crippen molar-refractivity contribution in [2.24, 2.45) is 0 Å². The van der Waals surface area contributed by atoms with Gasteiger partial charge in [-0.2, -0.15) is 0 Å². The monoisotopic (exact) mass is 411 g/mol. The summed E-state index contributed by atoms with van der Waals surface area (Å²) < 4.78 is 14.3. The van der Waals surface area contributed by atoms with Crippen LogP contribution in [0.2, 0.25) is 5.02 Å². The molecule has 0 unspecified atom stereocenters. The lowest BCUT2D eigenvalue weighted by atomic mass is 10.1. The summed E-state index contributed by atoms with van der Waals surface area (Å²) in [5, 5.41) is 3.71. The molecule has 0 bridgehead atoms. The molecule has 4 nitrogen and oxygen atoms in total. The third-order valence-electron chi connectivity index (χ3n) is 4.48. The van der Waals surface area contributed by atoms with Crippen LogP contribution in [-0.2, 0) is 0 Å². The van der Waals surface area contributed by atoms with Gasteiger partial charge in [0.05, 0.1) is 16.3 Å². The van der Waals surface area contributed by atoms with Gasteiger partial charge in [0.2, 0.25) is 0 Å². The van der Waals surface area contributed by atoms with Gasteiger partial charge in [-0.15, -0.1) is 11.3 Å². The molecule has 1 heterocycles. The average Bonchev–Trinajstić information content (AvgIpc) is 2.96. The van der Waals surface area contributed by atoms with Crippen molar-refractivity contribution in [3.05, 3.63) is 39.1 Å². The average molecular weight is 412 g/mol. The second-order valence-electron chi connectivity index (χ2n) is 7.17. The molecular weight excluding hydrogens is 385 g/mol. The quantitative estimate of drug-likeness (QED) is 0.691. The van der Waals surface area contributed by atoms with Crippen molar-refractivity contribution in [1.82, 2.24) is 15.2 Å². The number of hydrogen-bond donors (Lipinski definition) is 1. The summed E-state index contributed by atoms with van der Waals surface area (Å²) in [6, 6.07) is 3.82. The first kappa shape index (κ1) is 21.8. The highest BCUT2D eigenvalue weighted by atomic mass is 35.5. The fourth-order valence-corrected chi connectivity index (χ4v) is 4.39. The second kappa shape index (κ2) is 9.13. The SMILES string of the molecule is Cc1ccc(F)c(-c2nc(C)c(C(=O)NCCN(C(C)C)C(C)C)s2)c1Cl. The minimum atomic E-state index is -0.434. The number of carbonyl (C=O) groups excluding carboxylic acids is 1. The molecule has 0 radical (unpaired) electrons. The Balaban J connectivity index is 2.15. The number of nitrogens with one attached hydrogen (secondary N) is 1. The Morgan fingerprint density at radius 3 is 2.48 bits per heavy atom. The fourth-order valence-electron chi connectivity index (χ4n) is 3.06. The maximum atomic E-state index is 14.3. The number of aryl methyl sites for hydroxylation is 2. The highest BCUT2D eigenvalue weighted by Gasteiger charge is 2.21. The van der Waals surface area contributed by atoms with E-state index < -0.39 is 5.82 Å². The normalized spacial score (nSPS) is 11.7. The Bertz CT molecular complexity index is 812. The third kappa shape index (κ3) is 5.06. The van der Waals surface area contributed by atoms with Crippen molar-refractivity contribution in [3.8, 4) is 10.6 Å². The van der Waals surface area contributed by atoms with Gasteiger partial charge in [-0.05, 0) is 53.2 Å². The van der Waals surface area contributed by atoms with E-state index in [4.69, 9.17) is 11.6 Å². The zero-order valence-electron chi connectivity index (χ0n) is 16.7. The van der Waals surface area contributed by atoms with Gasteiger partial charge in [-0.25, -0.2) is 9.37 Å². The van der Waals surface area contributed by atoms with Crippen LogP contribution in [0.25, 0.3) is 10.6 Å². The Hall–Kier alpha value is -1.50. The first-order chi connectivity index (χ1) is 12.6. The number of rotatable bonds is 7. The van der Waals surface area contributed by atoms with Gasteiger partial charge in [0.15, 0.2) is 0 Å². The molecule has 1 amide bonds. The van der Waals surface area contributed by atoms with E-state index in [1.165, 1.54) is 17.4 Å². The number of thiazole rings is 1. The number of halogens is 2. The van der Waals surface area contributed by atoms with Crippen LogP contribution in [0, 0.1) is 19.7 Å². The molecule has 2 rings (SSSR count). The predicted octanol–water partition coefficient (Wildman–Crippen LogP) is 5.07. The van der Waals surface area contributed by atoms with Gasteiger partial charge in [0, 0.05) is 25.2 Å². The summed E-state index contributed by atoms with van der Waals surface area (Å²) in [5.74, 6) is -0.622. The van der Waals surface area contributed by atoms with Gasteiger partial charge >= 0.3 is 0 Å². The molecule has 1 N–H and O–H groups in total. The first-order valence-electron chi connectivity index (χ1n) is 9.09. The minimum absolute atomic E-state index is 0.187. The summed E-state index contributed by atoms with van der Waals surface area (Å²) in [4.78, 5) is 19.8. The Morgan fingerprint density at radius 2 is 1.89 bits per heavy atom. The van der Waals surface area contributed by atoms with E-state index in [0.29, 0.717) is 39.2 Å².